The Kier molecular flexibility index (Phi) is 3.96. The first-order chi connectivity index (χ1) is 4.13. The van der Waals surface area contributed by atoms with Gasteiger partial charge in [0.25, 0.3) is 0 Å². The summed E-state index contributed by atoms with van der Waals surface area (Å²) in [6, 6.07) is 0.338. The predicted octanol–water partition coefficient (Wildman–Crippen LogP) is 0.261. The summed E-state index contributed by atoms with van der Waals surface area (Å²) in [4.78, 5) is 9.42. The van der Waals surface area contributed by atoms with Gasteiger partial charge >= 0.3 is 0 Å². The Hall–Kier alpha value is -0.640. The van der Waals surface area contributed by atoms with Crippen molar-refractivity contribution in [1.82, 2.24) is 5.32 Å². The smallest absolute Gasteiger partial charge is 0.216 e. The quantitative estimate of drug-likeness (QED) is 0.441. The first-order valence-electron chi connectivity index (χ1n) is 2.98. The highest BCUT2D eigenvalue weighted by molar-refractivity contribution is 4.49. The molecule has 0 aromatic carbocycles. The van der Waals surface area contributed by atoms with E-state index in [1.165, 1.54) is 0 Å². The maximum absolute atomic E-state index is 9.75. The fourth-order valence-electron chi connectivity index (χ4n) is 0.445. The zero-order valence-corrected chi connectivity index (χ0v) is 5.76. The van der Waals surface area contributed by atoms with Gasteiger partial charge in [-0.15, -0.1) is 0 Å². The molecule has 9 heavy (non-hydrogen) atoms. The van der Waals surface area contributed by atoms with Gasteiger partial charge in [-0.05, 0) is 0 Å². The lowest BCUT2D eigenvalue weighted by Gasteiger charge is -2.02. The van der Waals surface area contributed by atoms with Gasteiger partial charge < -0.3 is 5.32 Å². The van der Waals surface area contributed by atoms with Crippen LogP contribution in [0.5, 0.6) is 0 Å². The van der Waals surface area contributed by atoms with Gasteiger partial charge in [0.05, 0.1) is 6.54 Å². The van der Waals surface area contributed by atoms with Crippen molar-refractivity contribution in [3.8, 4) is 0 Å². The molecule has 0 bridgehead atoms. The lowest BCUT2D eigenvalue weighted by Crippen LogP contribution is -2.28. The van der Waals surface area contributed by atoms with Gasteiger partial charge in [-0.1, -0.05) is 13.8 Å². The molecule has 4 nitrogen and oxygen atoms in total. The zero-order valence-electron chi connectivity index (χ0n) is 5.76. The molecular weight excluding hydrogens is 120 g/mol. The van der Waals surface area contributed by atoms with Crippen LogP contribution >= 0.6 is 0 Å². The highest BCUT2D eigenvalue weighted by Crippen LogP contribution is 1.74. The van der Waals surface area contributed by atoms with Crippen LogP contribution in [0.25, 0.3) is 0 Å². The molecule has 0 heterocycles. The van der Waals surface area contributed by atoms with Crippen LogP contribution in [-0.2, 0) is 0 Å². The lowest BCUT2D eigenvalue weighted by molar-refractivity contribution is -0.477. The van der Waals surface area contributed by atoms with Crippen LogP contribution in [0.3, 0.4) is 0 Å². The molecule has 0 radical (unpaired) electrons. The van der Waals surface area contributed by atoms with Crippen molar-refractivity contribution < 1.29 is 4.92 Å². The summed E-state index contributed by atoms with van der Waals surface area (Å²) in [5.41, 5.74) is 0. The third kappa shape index (κ3) is 7.36. The van der Waals surface area contributed by atoms with Crippen molar-refractivity contribution in [2.75, 3.05) is 13.1 Å². The SMILES string of the molecule is CC(C)NCC[N+](=O)[O-]. The Morgan fingerprint density at radius 3 is 2.56 bits per heavy atom. The van der Waals surface area contributed by atoms with Crippen LogP contribution in [0.1, 0.15) is 13.8 Å². The second-order valence-corrected chi connectivity index (χ2v) is 2.17. The van der Waals surface area contributed by atoms with Gasteiger partial charge in [-0.3, -0.25) is 10.1 Å². The molecule has 0 rings (SSSR count). The van der Waals surface area contributed by atoms with Crippen molar-refractivity contribution in [3.63, 3.8) is 0 Å². The summed E-state index contributed by atoms with van der Waals surface area (Å²) < 4.78 is 0. The Labute approximate surface area is 54.4 Å². The highest BCUT2D eigenvalue weighted by atomic mass is 16.6. The number of hydrogen-bond donors (Lipinski definition) is 1. The van der Waals surface area contributed by atoms with Gasteiger partial charge in [0.1, 0.15) is 0 Å². The van der Waals surface area contributed by atoms with Crippen LogP contribution < -0.4 is 5.32 Å². The maximum Gasteiger partial charge on any atom is 0.216 e. The molecule has 0 spiro atoms. The Morgan fingerprint density at radius 1 is 1.67 bits per heavy atom. The molecule has 0 aliphatic carbocycles. The molecule has 0 saturated carbocycles. The van der Waals surface area contributed by atoms with E-state index in [9.17, 15) is 10.1 Å². The molecule has 0 atom stereocenters. The standard InChI is InChI=1S/C5H12N2O2/c1-5(2)6-3-4-7(8)9/h5-6H,3-4H2,1-2H3. The summed E-state index contributed by atoms with van der Waals surface area (Å²) in [5.74, 6) is 0. The Bertz CT molecular complexity index is 93.0. The summed E-state index contributed by atoms with van der Waals surface area (Å²) in [5, 5.41) is 12.7. The van der Waals surface area contributed by atoms with Gasteiger partial charge in [0.2, 0.25) is 6.54 Å². The van der Waals surface area contributed by atoms with E-state index in [0.717, 1.165) is 0 Å². The van der Waals surface area contributed by atoms with Crippen molar-refractivity contribution in [2.45, 2.75) is 19.9 Å². The summed E-state index contributed by atoms with van der Waals surface area (Å²) >= 11 is 0. The second kappa shape index (κ2) is 4.26. The largest absolute Gasteiger partial charge is 0.308 e. The van der Waals surface area contributed by atoms with Gasteiger partial charge in [-0.25, -0.2) is 0 Å². The molecule has 0 saturated heterocycles. The van der Waals surface area contributed by atoms with Crippen LogP contribution in [0.15, 0.2) is 0 Å². The monoisotopic (exact) mass is 132 g/mol. The molecule has 0 fully saturated rings. The van der Waals surface area contributed by atoms with E-state index in [1.807, 2.05) is 13.8 Å². The van der Waals surface area contributed by atoms with Crippen LogP contribution in [0.4, 0.5) is 0 Å². The van der Waals surface area contributed by atoms with Crippen LogP contribution in [0.2, 0.25) is 0 Å². The molecule has 0 unspecified atom stereocenters. The molecule has 1 N–H and O–H groups in total. The van der Waals surface area contributed by atoms with E-state index in [0.29, 0.717) is 12.6 Å². The molecule has 0 aliphatic heterocycles. The fraction of sp³-hybridized carbons (Fsp3) is 1.00. The molecule has 0 aliphatic rings. The zero-order chi connectivity index (χ0) is 7.28. The van der Waals surface area contributed by atoms with Gasteiger partial charge in [-0.2, -0.15) is 0 Å². The van der Waals surface area contributed by atoms with E-state index in [1.54, 1.807) is 0 Å². The van der Waals surface area contributed by atoms with E-state index >= 15 is 0 Å². The minimum atomic E-state index is -0.324. The summed E-state index contributed by atoms with van der Waals surface area (Å²) in [7, 11) is 0. The third-order valence-corrected chi connectivity index (χ3v) is 0.847. The molecular formula is C5H12N2O2. The minimum Gasteiger partial charge on any atom is -0.308 e. The fourth-order valence-corrected chi connectivity index (χ4v) is 0.445. The maximum atomic E-state index is 9.75. The summed E-state index contributed by atoms with van der Waals surface area (Å²) in [6.45, 7) is 4.39. The predicted molar refractivity (Wildman–Crippen MR) is 35.0 cm³/mol. The van der Waals surface area contributed by atoms with Crippen molar-refractivity contribution >= 4 is 0 Å². The third-order valence-electron chi connectivity index (χ3n) is 0.847. The number of nitro groups is 1. The number of hydrogen-bond acceptors (Lipinski definition) is 3. The first kappa shape index (κ1) is 8.36. The van der Waals surface area contributed by atoms with Gasteiger partial charge in [0, 0.05) is 11.0 Å². The normalized spacial score (nSPS) is 10.1. The average Bonchev–Trinajstić information content (AvgIpc) is 1.63. The molecule has 0 aromatic heterocycles. The van der Waals surface area contributed by atoms with E-state index < -0.39 is 0 Å². The molecule has 0 aromatic rings. The number of nitrogens with one attached hydrogen (secondary N) is 1. The van der Waals surface area contributed by atoms with Crippen LogP contribution in [-0.4, -0.2) is 24.1 Å². The summed E-state index contributed by atoms with van der Waals surface area (Å²) in [6.07, 6.45) is 0. The van der Waals surface area contributed by atoms with Crippen molar-refractivity contribution in [1.29, 1.82) is 0 Å². The van der Waals surface area contributed by atoms with E-state index in [-0.39, 0.29) is 11.5 Å². The average molecular weight is 132 g/mol. The number of nitrogens with zero attached hydrogens (tertiary/aromatic N) is 1. The van der Waals surface area contributed by atoms with Crippen molar-refractivity contribution in [2.24, 2.45) is 0 Å². The van der Waals surface area contributed by atoms with E-state index in [2.05, 4.69) is 5.32 Å². The molecule has 54 valence electrons. The Morgan fingerprint density at radius 2 is 2.22 bits per heavy atom. The number of rotatable bonds is 4. The van der Waals surface area contributed by atoms with E-state index in [4.69, 9.17) is 0 Å². The second-order valence-electron chi connectivity index (χ2n) is 2.17. The molecule has 0 amide bonds. The highest BCUT2D eigenvalue weighted by Gasteiger charge is 1.96. The van der Waals surface area contributed by atoms with Crippen molar-refractivity contribution in [3.05, 3.63) is 10.1 Å². The molecule has 4 heteroatoms. The lowest BCUT2D eigenvalue weighted by atomic mass is 10.4. The Balaban J connectivity index is 3.01. The minimum absolute atomic E-state index is 0.0121. The van der Waals surface area contributed by atoms with Gasteiger partial charge in [0.15, 0.2) is 0 Å². The first-order valence-corrected chi connectivity index (χ1v) is 2.98. The topological polar surface area (TPSA) is 55.2 Å². The van der Waals surface area contributed by atoms with Crippen LogP contribution in [0, 0.1) is 10.1 Å².